The van der Waals surface area contributed by atoms with Crippen molar-refractivity contribution in [1.29, 1.82) is 0 Å². The standard InChI is InChI=1S/C12H12ClNO3/c1-14-9-4-3-7(11(13)12(16)17-2)5-8(9)6-10(14)15/h3-5,11H,6H2,1-2H3. The molecule has 2 rings (SSSR count). The molecule has 5 heteroatoms. The third-order valence-corrected chi connectivity index (χ3v) is 3.31. The van der Waals surface area contributed by atoms with E-state index >= 15 is 0 Å². The summed E-state index contributed by atoms with van der Waals surface area (Å²) in [5, 5.41) is -0.827. The van der Waals surface area contributed by atoms with Crippen LogP contribution in [-0.4, -0.2) is 26.0 Å². The van der Waals surface area contributed by atoms with Crippen molar-refractivity contribution in [3.63, 3.8) is 0 Å². The molecule has 0 saturated carbocycles. The van der Waals surface area contributed by atoms with Crippen LogP contribution in [0.2, 0.25) is 0 Å². The third-order valence-electron chi connectivity index (χ3n) is 2.88. The number of rotatable bonds is 2. The van der Waals surface area contributed by atoms with Gasteiger partial charge in [-0.25, -0.2) is 0 Å². The van der Waals surface area contributed by atoms with Crippen LogP contribution in [0.1, 0.15) is 16.5 Å². The summed E-state index contributed by atoms with van der Waals surface area (Å²) in [6.07, 6.45) is 0.352. The van der Waals surface area contributed by atoms with E-state index in [0.717, 1.165) is 11.3 Å². The van der Waals surface area contributed by atoms with Crippen LogP contribution in [0.4, 0.5) is 5.69 Å². The Labute approximate surface area is 104 Å². The Morgan fingerprint density at radius 2 is 2.24 bits per heavy atom. The maximum absolute atomic E-state index is 11.5. The third kappa shape index (κ3) is 2.00. The van der Waals surface area contributed by atoms with Gasteiger partial charge in [-0.1, -0.05) is 12.1 Å². The van der Waals surface area contributed by atoms with Crippen LogP contribution in [0.15, 0.2) is 18.2 Å². The number of amides is 1. The smallest absolute Gasteiger partial charge is 0.328 e. The van der Waals surface area contributed by atoms with Crippen LogP contribution in [0.3, 0.4) is 0 Å². The molecule has 1 aliphatic heterocycles. The molecule has 1 unspecified atom stereocenters. The topological polar surface area (TPSA) is 46.6 Å². The minimum Gasteiger partial charge on any atom is -0.468 e. The van der Waals surface area contributed by atoms with E-state index in [9.17, 15) is 9.59 Å². The molecule has 1 heterocycles. The van der Waals surface area contributed by atoms with Gasteiger partial charge in [0.15, 0.2) is 5.38 Å². The van der Waals surface area contributed by atoms with Gasteiger partial charge >= 0.3 is 5.97 Å². The van der Waals surface area contributed by atoms with Gasteiger partial charge in [-0.3, -0.25) is 9.59 Å². The van der Waals surface area contributed by atoms with Gasteiger partial charge < -0.3 is 9.64 Å². The predicted molar refractivity (Wildman–Crippen MR) is 64.2 cm³/mol. The van der Waals surface area contributed by atoms with Gasteiger partial charge in [-0.2, -0.15) is 0 Å². The number of carbonyl (C=O) groups excluding carboxylic acids is 2. The summed E-state index contributed by atoms with van der Waals surface area (Å²) < 4.78 is 4.58. The Balaban J connectivity index is 2.33. The van der Waals surface area contributed by atoms with Crippen LogP contribution >= 0.6 is 11.6 Å². The molecule has 1 amide bonds. The Morgan fingerprint density at radius 1 is 1.53 bits per heavy atom. The van der Waals surface area contributed by atoms with E-state index in [2.05, 4.69) is 4.74 Å². The van der Waals surface area contributed by atoms with Crippen molar-refractivity contribution in [2.45, 2.75) is 11.8 Å². The minimum atomic E-state index is -0.827. The molecule has 1 aliphatic rings. The lowest BCUT2D eigenvalue weighted by Gasteiger charge is -2.12. The molecule has 0 saturated heterocycles. The second-order valence-corrected chi connectivity index (χ2v) is 4.34. The van der Waals surface area contributed by atoms with Crippen LogP contribution in [0, 0.1) is 0 Å². The van der Waals surface area contributed by atoms with E-state index in [1.807, 2.05) is 0 Å². The Kier molecular flexibility index (Phi) is 3.07. The summed E-state index contributed by atoms with van der Waals surface area (Å²) in [6.45, 7) is 0. The first-order chi connectivity index (χ1) is 8.04. The normalized spacial score (nSPS) is 15.7. The van der Waals surface area contributed by atoms with Crippen molar-refractivity contribution >= 4 is 29.2 Å². The zero-order chi connectivity index (χ0) is 12.6. The molecule has 0 fully saturated rings. The average Bonchev–Trinajstić information content (AvgIpc) is 2.62. The summed E-state index contributed by atoms with van der Waals surface area (Å²) in [4.78, 5) is 24.4. The molecule has 1 aromatic carbocycles. The molecule has 0 spiro atoms. The van der Waals surface area contributed by atoms with Gasteiger partial charge in [0.2, 0.25) is 5.91 Å². The van der Waals surface area contributed by atoms with E-state index in [-0.39, 0.29) is 5.91 Å². The van der Waals surface area contributed by atoms with Crippen molar-refractivity contribution in [1.82, 2.24) is 0 Å². The maximum Gasteiger partial charge on any atom is 0.328 e. The van der Waals surface area contributed by atoms with Crippen molar-refractivity contribution < 1.29 is 14.3 Å². The summed E-state index contributed by atoms with van der Waals surface area (Å²) in [7, 11) is 3.02. The summed E-state index contributed by atoms with van der Waals surface area (Å²) in [5.74, 6) is -0.453. The lowest BCUT2D eigenvalue weighted by atomic mass is 10.1. The van der Waals surface area contributed by atoms with E-state index in [1.165, 1.54) is 7.11 Å². The number of methoxy groups -OCH3 is 1. The molecule has 1 aromatic rings. The van der Waals surface area contributed by atoms with E-state index < -0.39 is 11.3 Å². The second kappa shape index (κ2) is 4.37. The number of esters is 1. The van der Waals surface area contributed by atoms with Crippen molar-refractivity contribution in [2.75, 3.05) is 19.1 Å². The molecule has 4 nitrogen and oxygen atoms in total. The van der Waals surface area contributed by atoms with Crippen LogP contribution < -0.4 is 4.90 Å². The number of alkyl halides is 1. The van der Waals surface area contributed by atoms with Crippen LogP contribution in [0.25, 0.3) is 0 Å². The largest absolute Gasteiger partial charge is 0.468 e. The lowest BCUT2D eigenvalue weighted by Crippen LogP contribution is -2.20. The predicted octanol–water partition coefficient (Wildman–Crippen LogP) is 1.66. The van der Waals surface area contributed by atoms with Gasteiger partial charge in [0.05, 0.1) is 13.5 Å². The fraction of sp³-hybridized carbons (Fsp3) is 0.333. The number of nitrogens with zero attached hydrogens (tertiary/aromatic N) is 1. The Morgan fingerprint density at radius 3 is 2.88 bits per heavy atom. The quantitative estimate of drug-likeness (QED) is 0.595. The zero-order valence-electron chi connectivity index (χ0n) is 9.57. The van der Waals surface area contributed by atoms with Crippen molar-refractivity contribution in [3.05, 3.63) is 29.3 Å². The number of ether oxygens (including phenoxy) is 1. The fourth-order valence-electron chi connectivity index (χ4n) is 1.89. The van der Waals surface area contributed by atoms with E-state index in [1.54, 1.807) is 30.1 Å². The van der Waals surface area contributed by atoms with Gasteiger partial charge in [0.1, 0.15) is 0 Å². The number of hydrogen-bond donors (Lipinski definition) is 0. The average molecular weight is 254 g/mol. The first-order valence-electron chi connectivity index (χ1n) is 5.16. The molecule has 90 valence electrons. The molecule has 0 aliphatic carbocycles. The Bertz CT molecular complexity index is 487. The first kappa shape index (κ1) is 11.9. The lowest BCUT2D eigenvalue weighted by molar-refractivity contribution is -0.140. The van der Waals surface area contributed by atoms with Gasteiger partial charge in [0.25, 0.3) is 0 Å². The molecular weight excluding hydrogens is 242 g/mol. The molecule has 17 heavy (non-hydrogen) atoms. The zero-order valence-corrected chi connectivity index (χ0v) is 10.3. The molecular formula is C12H12ClNO3. The first-order valence-corrected chi connectivity index (χ1v) is 5.59. The van der Waals surface area contributed by atoms with Crippen molar-refractivity contribution in [3.8, 4) is 0 Å². The molecule has 0 aromatic heterocycles. The van der Waals surface area contributed by atoms with Gasteiger partial charge in [0, 0.05) is 12.7 Å². The summed E-state index contributed by atoms with van der Waals surface area (Å²) in [5.41, 5.74) is 2.41. The molecule has 1 atom stereocenters. The number of likely N-dealkylation sites (N-methyl/N-ethyl adjacent to an activating group) is 1. The number of anilines is 1. The highest BCUT2D eigenvalue weighted by Crippen LogP contribution is 2.32. The Hall–Kier alpha value is -1.55. The highest BCUT2D eigenvalue weighted by molar-refractivity contribution is 6.30. The monoisotopic (exact) mass is 253 g/mol. The second-order valence-electron chi connectivity index (χ2n) is 3.90. The SMILES string of the molecule is COC(=O)C(Cl)c1ccc2c(c1)CC(=O)N2C. The molecule has 0 N–H and O–H groups in total. The highest BCUT2D eigenvalue weighted by Gasteiger charge is 2.26. The van der Waals surface area contributed by atoms with Crippen LogP contribution in [0.5, 0.6) is 0 Å². The van der Waals surface area contributed by atoms with E-state index in [0.29, 0.717) is 12.0 Å². The maximum atomic E-state index is 11.5. The molecule has 0 bridgehead atoms. The number of fused-ring (bicyclic) bond motifs is 1. The number of hydrogen-bond acceptors (Lipinski definition) is 3. The number of halogens is 1. The molecule has 0 radical (unpaired) electrons. The van der Waals surface area contributed by atoms with Gasteiger partial charge in [-0.15, -0.1) is 11.6 Å². The minimum absolute atomic E-state index is 0.0429. The fourth-order valence-corrected chi connectivity index (χ4v) is 2.11. The summed E-state index contributed by atoms with van der Waals surface area (Å²) in [6, 6.07) is 5.32. The van der Waals surface area contributed by atoms with E-state index in [4.69, 9.17) is 11.6 Å². The summed E-state index contributed by atoms with van der Waals surface area (Å²) >= 11 is 5.96. The van der Waals surface area contributed by atoms with Gasteiger partial charge in [-0.05, 0) is 17.2 Å². The highest BCUT2D eigenvalue weighted by atomic mass is 35.5. The number of carbonyl (C=O) groups is 2. The van der Waals surface area contributed by atoms with Crippen LogP contribution in [-0.2, 0) is 20.7 Å². The number of benzene rings is 1. The van der Waals surface area contributed by atoms with Crippen molar-refractivity contribution in [2.24, 2.45) is 0 Å².